The minimum Gasteiger partial charge on any atom is -0.378 e. The summed E-state index contributed by atoms with van der Waals surface area (Å²) in [5.74, 6) is 0.766. The van der Waals surface area contributed by atoms with Gasteiger partial charge in [0.25, 0.3) is 0 Å². The van der Waals surface area contributed by atoms with Gasteiger partial charge >= 0.3 is 0 Å². The molecular formula is C15H26N2O3. The Kier molecular flexibility index (Phi) is 5.02. The van der Waals surface area contributed by atoms with Gasteiger partial charge in [-0.2, -0.15) is 0 Å². The van der Waals surface area contributed by atoms with E-state index in [1.165, 1.54) is 0 Å². The third kappa shape index (κ3) is 3.32. The van der Waals surface area contributed by atoms with Gasteiger partial charge in [0.05, 0.1) is 19.1 Å². The van der Waals surface area contributed by atoms with E-state index in [0.717, 1.165) is 6.54 Å². The summed E-state index contributed by atoms with van der Waals surface area (Å²) >= 11 is 0. The number of rotatable bonds is 3. The van der Waals surface area contributed by atoms with Gasteiger partial charge in [-0.3, -0.25) is 9.59 Å². The van der Waals surface area contributed by atoms with Crippen molar-refractivity contribution < 1.29 is 14.3 Å². The van der Waals surface area contributed by atoms with Gasteiger partial charge in [0.1, 0.15) is 0 Å². The summed E-state index contributed by atoms with van der Waals surface area (Å²) in [6.45, 7) is 9.58. The molecule has 2 rings (SSSR count). The number of morpholine rings is 1. The van der Waals surface area contributed by atoms with Crippen LogP contribution in [0.2, 0.25) is 0 Å². The molecule has 2 saturated heterocycles. The zero-order valence-electron chi connectivity index (χ0n) is 12.8. The van der Waals surface area contributed by atoms with E-state index in [1.54, 1.807) is 0 Å². The number of amides is 2. The van der Waals surface area contributed by atoms with Gasteiger partial charge in [-0.05, 0) is 19.3 Å². The van der Waals surface area contributed by atoms with E-state index in [-0.39, 0.29) is 23.8 Å². The van der Waals surface area contributed by atoms with Gasteiger partial charge in [-0.15, -0.1) is 0 Å². The van der Waals surface area contributed by atoms with Crippen molar-refractivity contribution in [3.8, 4) is 0 Å². The number of hydrogen-bond acceptors (Lipinski definition) is 3. The Morgan fingerprint density at radius 1 is 1.35 bits per heavy atom. The largest absolute Gasteiger partial charge is 0.378 e. The van der Waals surface area contributed by atoms with E-state index in [4.69, 9.17) is 4.74 Å². The topological polar surface area (TPSA) is 49.9 Å². The SMILES string of the molecule is CC(C)CN1C(=O)CCC(C(=O)N2CCOCC2)C1C. The van der Waals surface area contributed by atoms with E-state index < -0.39 is 0 Å². The van der Waals surface area contributed by atoms with Gasteiger partial charge in [-0.1, -0.05) is 13.8 Å². The molecule has 2 aliphatic rings. The third-order valence-corrected chi connectivity index (χ3v) is 4.27. The molecule has 0 bridgehead atoms. The van der Waals surface area contributed by atoms with Crippen LogP contribution in [0.4, 0.5) is 0 Å². The number of nitrogens with zero attached hydrogens (tertiary/aromatic N) is 2. The number of hydrogen-bond donors (Lipinski definition) is 0. The van der Waals surface area contributed by atoms with Crippen molar-refractivity contribution in [2.45, 2.75) is 39.7 Å². The van der Waals surface area contributed by atoms with Crippen LogP contribution in [-0.4, -0.2) is 60.5 Å². The van der Waals surface area contributed by atoms with Crippen LogP contribution in [0.25, 0.3) is 0 Å². The number of piperidine rings is 1. The van der Waals surface area contributed by atoms with Gasteiger partial charge in [0.2, 0.25) is 11.8 Å². The maximum Gasteiger partial charge on any atom is 0.227 e. The molecule has 2 amide bonds. The van der Waals surface area contributed by atoms with Crippen LogP contribution in [0.1, 0.15) is 33.6 Å². The number of carbonyl (C=O) groups excluding carboxylic acids is 2. The summed E-state index contributed by atoms with van der Waals surface area (Å²) < 4.78 is 5.30. The second-order valence-corrected chi connectivity index (χ2v) is 6.26. The monoisotopic (exact) mass is 282 g/mol. The molecule has 114 valence electrons. The molecule has 0 spiro atoms. The highest BCUT2D eigenvalue weighted by Crippen LogP contribution is 2.27. The van der Waals surface area contributed by atoms with Crippen molar-refractivity contribution >= 4 is 11.8 Å². The lowest BCUT2D eigenvalue weighted by Crippen LogP contribution is -2.54. The average Bonchev–Trinajstić information content (AvgIpc) is 2.43. The summed E-state index contributed by atoms with van der Waals surface area (Å²) in [7, 11) is 0. The minimum absolute atomic E-state index is 0.00833. The lowest BCUT2D eigenvalue weighted by Gasteiger charge is -2.41. The molecule has 2 unspecified atom stereocenters. The van der Waals surface area contributed by atoms with Crippen LogP contribution >= 0.6 is 0 Å². The first-order valence-corrected chi connectivity index (χ1v) is 7.66. The molecular weight excluding hydrogens is 256 g/mol. The molecule has 0 radical (unpaired) electrons. The van der Waals surface area contributed by atoms with Crippen molar-refractivity contribution in [3.05, 3.63) is 0 Å². The molecule has 2 aliphatic heterocycles. The molecule has 20 heavy (non-hydrogen) atoms. The van der Waals surface area contributed by atoms with Crippen molar-refractivity contribution in [2.24, 2.45) is 11.8 Å². The normalized spacial score (nSPS) is 28.1. The second kappa shape index (κ2) is 6.57. The standard InChI is InChI=1S/C15H26N2O3/c1-11(2)10-17-12(3)13(4-5-14(17)18)15(19)16-6-8-20-9-7-16/h11-13H,4-10H2,1-3H3. The number of likely N-dealkylation sites (tertiary alicyclic amines) is 1. The zero-order valence-corrected chi connectivity index (χ0v) is 12.8. The lowest BCUT2D eigenvalue weighted by atomic mass is 9.87. The molecule has 0 aromatic heterocycles. The van der Waals surface area contributed by atoms with Gasteiger partial charge in [-0.25, -0.2) is 0 Å². The molecule has 2 fully saturated rings. The van der Waals surface area contributed by atoms with Crippen LogP contribution in [0.15, 0.2) is 0 Å². The Hall–Kier alpha value is -1.10. The Morgan fingerprint density at radius 2 is 2.00 bits per heavy atom. The smallest absolute Gasteiger partial charge is 0.227 e. The number of ether oxygens (including phenoxy) is 1. The molecule has 2 heterocycles. The lowest BCUT2D eigenvalue weighted by molar-refractivity contribution is -0.149. The Morgan fingerprint density at radius 3 is 2.60 bits per heavy atom. The molecule has 0 aromatic rings. The fourth-order valence-corrected chi connectivity index (χ4v) is 3.12. The summed E-state index contributed by atoms with van der Waals surface area (Å²) in [5.41, 5.74) is 0. The van der Waals surface area contributed by atoms with Crippen LogP contribution in [-0.2, 0) is 14.3 Å². The fraction of sp³-hybridized carbons (Fsp3) is 0.867. The van der Waals surface area contributed by atoms with Crippen molar-refractivity contribution in [1.82, 2.24) is 9.80 Å². The van der Waals surface area contributed by atoms with Crippen LogP contribution in [0.3, 0.4) is 0 Å². The Labute approximate surface area is 121 Å². The van der Waals surface area contributed by atoms with E-state index in [2.05, 4.69) is 13.8 Å². The van der Waals surface area contributed by atoms with E-state index in [9.17, 15) is 9.59 Å². The highest BCUT2D eigenvalue weighted by atomic mass is 16.5. The van der Waals surface area contributed by atoms with Crippen LogP contribution in [0, 0.1) is 11.8 Å². The predicted molar refractivity (Wildman–Crippen MR) is 76.1 cm³/mol. The Bertz CT molecular complexity index is 364. The molecule has 0 N–H and O–H groups in total. The van der Waals surface area contributed by atoms with Crippen LogP contribution in [0.5, 0.6) is 0 Å². The molecule has 5 nitrogen and oxygen atoms in total. The predicted octanol–water partition coefficient (Wildman–Crippen LogP) is 1.13. The fourth-order valence-electron chi connectivity index (χ4n) is 3.12. The summed E-state index contributed by atoms with van der Waals surface area (Å²) in [5, 5.41) is 0. The third-order valence-electron chi connectivity index (χ3n) is 4.27. The Balaban J connectivity index is 2.03. The quantitative estimate of drug-likeness (QED) is 0.779. The second-order valence-electron chi connectivity index (χ2n) is 6.26. The highest BCUT2D eigenvalue weighted by molar-refractivity contribution is 5.84. The molecule has 0 aromatic carbocycles. The average molecular weight is 282 g/mol. The zero-order chi connectivity index (χ0) is 14.7. The summed E-state index contributed by atoms with van der Waals surface area (Å²) in [6, 6.07) is 0.00833. The maximum atomic E-state index is 12.6. The number of carbonyl (C=O) groups is 2. The minimum atomic E-state index is -0.0513. The molecule has 5 heteroatoms. The maximum absolute atomic E-state index is 12.6. The highest BCUT2D eigenvalue weighted by Gasteiger charge is 2.38. The van der Waals surface area contributed by atoms with Crippen molar-refractivity contribution in [3.63, 3.8) is 0 Å². The van der Waals surface area contributed by atoms with Crippen LogP contribution < -0.4 is 0 Å². The van der Waals surface area contributed by atoms with Crippen molar-refractivity contribution in [2.75, 3.05) is 32.8 Å². The van der Waals surface area contributed by atoms with Crippen molar-refractivity contribution in [1.29, 1.82) is 0 Å². The van der Waals surface area contributed by atoms with E-state index >= 15 is 0 Å². The van der Waals surface area contributed by atoms with Gasteiger partial charge in [0.15, 0.2) is 0 Å². The van der Waals surface area contributed by atoms with Gasteiger partial charge < -0.3 is 14.5 Å². The molecule has 0 aliphatic carbocycles. The molecule has 0 saturated carbocycles. The molecule has 2 atom stereocenters. The summed E-state index contributed by atoms with van der Waals surface area (Å²) in [6.07, 6.45) is 1.18. The van der Waals surface area contributed by atoms with Gasteiger partial charge in [0, 0.05) is 32.1 Å². The van der Waals surface area contributed by atoms with E-state index in [0.29, 0.717) is 45.1 Å². The first-order valence-electron chi connectivity index (χ1n) is 7.66. The summed E-state index contributed by atoms with van der Waals surface area (Å²) in [4.78, 5) is 28.5. The first kappa shape index (κ1) is 15.3. The first-order chi connectivity index (χ1) is 9.50. The van der Waals surface area contributed by atoms with E-state index in [1.807, 2.05) is 16.7 Å².